The van der Waals surface area contributed by atoms with Crippen LogP contribution in [-0.2, 0) is 4.74 Å². The van der Waals surface area contributed by atoms with Crippen LogP contribution in [0.15, 0.2) is 30.3 Å². The van der Waals surface area contributed by atoms with Crippen LogP contribution in [0.1, 0.15) is 25.0 Å². The van der Waals surface area contributed by atoms with E-state index in [2.05, 4.69) is 10.2 Å². The van der Waals surface area contributed by atoms with Gasteiger partial charge < -0.3 is 20.1 Å². The molecule has 0 spiro atoms. The highest BCUT2D eigenvalue weighted by atomic mass is 16.5. The molecule has 0 aliphatic carbocycles. The van der Waals surface area contributed by atoms with Gasteiger partial charge in [0.25, 0.3) is 0 Å². The van der Waals surface area contributed by atoms with Crippen LogP contribution in [0.4, 0.5) is 4.79 Å². The maximum atomic E-state index is 10.9. The van der Waals surface area contributed by atoms with Crippen LogP contribution in [0.5, 0.6) is 0 Å². The highest BCUT2D eigenvalue weighted by molar-refractivity contribution is 5.66. The molecular formula is C15H24N2O3. The SMILES string of the molecule is CNC(=O)OCCC(C)N(C)CC(O)c1ccccc1. The third kappa shape index (κ3) is 5.59. The van der Waals surface area contributed by atoms with Crippen LogP contribution < -0.4 is 5.32 Å². The first-order valence-corrected chi connectivity index (χ1v) is 6.82. The second kappa shape index (κ2) is 8.55. The molecule has 112 valence electrons. The Morgan fingerprint density at radius 2 is 2.05 bits per heavy atom. The predicted octanol–water partition coefficient (Wildman–Crippen LogP) is 1.79. The fourth-order valence-corrected chi connectivity index (χ4v) is 1.85. The monoisotopic (exact) mass is 280 g/mol. The molecule has 2 N–H and O–H groups in total. The third-order valence-corrected chi connectivity index (χ3v) is 3.37. The van der Waals surface area contributed by atoms with Gasteiger partial charge >= 0.3 is 6.09 Å². The average Bonchev–Trinajstić information content (AvgIpc) is 2.47. The zero-order valence-corrected chi connectivity index (χ0v) is 12.4. The van der Waals surface area contributed by atoms with E-state index >= 15 is 0 Å². The number of benzene rings is 1. The van der Waals surface area contributed by atoms with Crippen LogP contribution in [0.25, 0.3) is 0 Å². The van der Waals surface area contributed by atoms with Crippen molar-refractivity contribution in [3.63, 3.8) is 0 Å². The maximum absolute atomic E-state index is 10.9. The van der Waals surface area contributed by atoms with Crippen molar-refractivity contribution in [2.24, 2.45) is 0 Å². The number of likely N-dealkylation sites (N-methyl/N-ethyl adjacent to an activating group) is 1. The molecule has 0 aliphatic rings. The van der Waals surface area contributed by atoms with Crippen molar-refractivity contribution >= 4 is 6.09 Å². The Morgan fingerprint density at radius 1 is 1.40 bits per heavy atom. The van der Waals surface area contributed by atoms with Crippen LogP contribution >= 0.6 is 0 Å². The number of alkyl carbamates (subject to hydrolysis) is 1. The Labute approximate surface area is 120 Å². The number of aliphatic hydroxyl groups excluding tert-OH is 1. The Bertz CT molecular complexity index is 397. The largest absolute Gasteiger partial charge is 0.450 e. The molecule has 0 saturated heterocycles. The number of nitrogens with one attached hydrogen (secondary N) is 1. The summed E-state index contributed by atoms with van der Waals surface area (Å²) in [4.78, 5) is 13.0. The van der Waals surface area contributed by atoms with Crippen LogP contribution in [-0.4, -0.2) is 49.4 Å². The molecule has 0 saturated carbocycles. The summed E-state index contributed by atoms with van der Waals surface area (Å²) >= 11 is 0. The first-order valence-electron chi connectivity index (χ1n) is 6.82. The molecule has 1 rings (SSSR count). The first kappa shape index (κ1) is 16.5. The number of aliphatic hydroxyl groups is 1. The molecule has 5 nitrogen and oxygen atoms in total. The number of rotatable bonds is 7. The number of amides is 1. The van der Waals surface area contributed by atoms with E-state index in [-0.39, 0.29) is 6.04 Å². The lowest BCUT2D eigenvalue weighted by molar-refractivity contribution is 0.0927. The van der Waals surface area contributed by atoms with Crippen molar-refractivity contribution < 1.29 is 14.6 Å². The zero-order chi connectivity index (χ0) is 15.0. The van der Waals surface area contributed by atoms with Crippen LogP contribution in [0.3, 0.4) is 0 Å². The van der Waals surface area contributed by atoms with E-state index in [9.17, 15) is 9.90 Å². The van der Waals surface area contributed by atoms with Gasteiger partial charge in [-0.25, -0.2) is 4.79 Å². The summed E-state index contributed by atoms with van der Waals surface area (Å²) in [6, 6.07) is 9.81. The molecule has 5 heteroatoms. The van der Waals surface area contributed by atoms with E-state index in [0.29, 0.717) is 13.2 Å². The molecule has 1 aromatic rings. The molecule has 1 aromatic carbocycles. The molecule has 0 heterocycles. The van der Waals surface area contributed by atoms with Crippen LogP contribution in [0, 0.1) is 0 Å². The Balaban J connectivity index is 2.34. The van der Waals surface area contributed by atoms with Crippen molar-refractivity contribution in [3.05, 3.63) is 35.9 Å². The average molecular weight is 280 g/mol. The number of hydrogen-bond acceptors (Lipinski definition) is 4. The van der Waals surface area contributed by atoms with E-state index in [4.69, 9.17) is 4.74 Å². The van der Waals surface area contributed by atoms with Crippen molar-refractivity contribution in [2.75, 3.05) is 27.2 Å². The first-order chi connectivity index (χ1) is 9.54. The second-order valence-electron chi connectivity index (χ2n) is 4.89. The Morgan fingerprint density at radius 3 is 2.65 bits per heavy atom. The van der Waals surface area contributed by atoms with E-state index in [1.165, 1.54) is 7.05 Å². The van der Waals surface area contributed by atoms with Crippen molar-refractivity contribution in [2.45, 2.75) is 25.5 Å². The Hall–Kier alpha value is -1.59. The van der Waals surface area contributed by atoms with Gasteiger partial charge in [0.2, 0.25) is 0 Å². The summed E-state index contributed by atoms with van der Waals surface area (Å²) in [5.41, 5.74) is 0.910. The minimum atomic E-state index is -0.511. The lowest BCUT2D eigenvalue weighted by atomic mass is 10.1. The summed E-state index contributed by atoms with van der Waals surface area (Å²) < 4.78 is 4.96. The molecule has 20 heavy (non-hydrogen) atoms. The molecule has 0 aliphatic heterocycles. The predicted molar refractivity (Wildman–Crippen MR) is 78.5 cm³/mol. The molecule has 2 unspecified atom stereocenters. The number of carbonyl (C=O) groups excluding carboxylic acids is 1. The molecule has 2 atom stereocenters. The molecule has 0 fully saturated rings. The van der Waals surface area contributed by atoms with Gasteiger partial charge in [0.1, 0.15) is 0 Å². The number of ether oxygens (including phenoxy) is 1. The number of nitrogens with zero attached hydrogens (tertiary/aromatic N) is 1. The fourth-order valence-electron chi connectivity index (χ4n) is 1.85. The summed E-state index contributed by atoms with van der Waals surface area (Å²) in [6.07, 6.45) is -0.196. The minimum Gasteiger partial charge on any atom is -0.450 e. The lowest BCUT2D eigenvalue weighted by Gasteiger charge is -2.27. The molecule has 0 radical (unpaired) electrons. The Kier molecular flexibility index (Phi) is 7.04. The summed E-state index contributed by atoms with van der Waals surface area (Å²) in [6.45, 7) is 2.96. The quantitative estimate of drug-likeness (QED) is 0.799. The van der Waals surface area contributed by atoms with Crippen molar-refractivity contribution in [1.29, 1.82) is 0 Å². The minimum absolute atomic E-state index is 0.220. The zero-order valence-electron chi connectivity index (χ0n) is 12.4. The topological polar surface area (TPSA) is 61.8 Å². The molecule has 0 aromatic heterocycles. The molecule has 1 amide bonds. The normalized spacial score (nSPS) is 13.8. The van der Waals surface area contributed by atoms with Gasteiger partial charge in [-0.15, -0.1) is 0 Å². The van der Waals surface area contributed by atoms with Crippen LogP contribution in [0.2, 0.25) is 0 Å². The summed E-state index contributed by atoms with van der Waals surface area (Å²) in [7, 11) is 3.49. The van der Waals surface area contributed by atoms with E-state index < -0.39 is 12.2 Å². The van der Waals surface area contributed by atoms with E-state index in [1.54, 1.807) is 0 Å². The van der Waals surface area contributed by atoms with E-state index in [0.717, 1.165) is 12.0 Å². The third-order valence-electron chi connectivity index (χ3n) is 3.37. The van der Waals surface area contributed by atoms with Crippen molar-refractivity contribution in [1.82, 2.24) is 10.2 Å². The van der Waals surface area contributed by atoms with Gasteiger partial charge in [-0.2, -0.15) is 0 Å². The summed E-state index contributed by atoms with van der Waals surface area (Å²) in [5, 5.41) is 12.6. The smallest absolute Gasteiger partial charge is 0.406 e. The van der Waals surface area contributed by atoms with E-state index in [1.807, 2.05) is 44.3 Å². The fraction of sp³-hybridized carbons (Fsp3) is 0.533. The van der Waals surface area contributed by atoms with Gasteiger partial charge in [-0.1, -0.05) is 30.3 Å². The van der Waals surface area contributed by atoms with Gasteiger partial charge in [0.05, 0.1) is 12.7 Å². The second-order valence-corrected chi connectivity index (χ2v) is 4.89. The molecule has 0 bridgehead atoms. The highest BCUT2D eigenvalue weighted by Crippen LogP contribution is 2.14. The number of carbonyl (C=O) groups is 1. The van der Waals surface area contributed by atoms with Crippen molar-refractivity contribution in [3.8, 4) is 0 Å². The maximum Gasteiger partial charge on any atom is 0.406 e. The van der Waals surface area contributed by atoms with Gasteiger partial charge in [0.15, 0.2) is 0 Å². The highest BCUT2D eigenvalue weighted by Gasteiger charge is 2.15. The van der Waals surface area contributed by atoms with Gasteiger partial charge in [-0.3, -0.25) is 0 Å². The van der Waals surface area contributed by atoms with Gasteiger partial charge in [0, 0.05) is 19.6 Å². The van der Waals surface area contributed by atoms with Gasteiger partial charge in [-0.05, 0) is 26.0 Å². The summed E-state index contributed by atoms with van der Waals surface area (Å²) in [5.74, 6) is 0. The number of hydrogen-bond donors (Lipinski definition) is 2. The lowest BCUT2D eigenvalue weighted by Crippen LogP contribution is -2.34. The molecular weight excluding hydrogens is 256 g/mol. The standard InChI is InChI=1S/C15H24N2O3/c1-12(9-10-20-15(19)16-2)17(3)11-14(18)13-7-5-4-6-8-13/h4-8,12,14,18H,9-11H2,1-3H3,(H,16,19).